The summed E-state index contributed by atoms with van der Waals surface area (Å²) in [6, 6.07) is 10.7. The Morgan fingerprint density at radius 2 is 1.62 bits per heavy atom. The highest BCUT2D eigenvalue weighted by Gasteiger charge is 2.18. The second kappa shape index (κ2) is 6.69. The Hall–Kier alpha value is -2.27. The molecule has 0 aliphatic rings. The Kier molecular flexibility index (Phi) is 4.62. The number of hydrogen-bond acceptors (Lipinski definition) is 3. The molecule has 3 aromatic rings. The van der Waals surface area contributed by atoms with Gasteiger partial charge in [0.25, 0.3) is 0 Å². The van der Waals surface area contributed by atoms with Gasteiger partial charge in [-0.3, -0.25) is 9.97 Å². The third kappa shape index (κ3) is 3.04. The van der Waals surface area contributed by atoms with Crippen LogP contribution >= 0.6 is 12.2 Å². The largest absolute Gasteiger partial charge is 0.344 e. The molecular weight excluding hydrogens is 316 g/mol. The first-order valence-corrected chi connectivity index (χ1v) is 8.61. The molecule has 0 aliphatic heterocycles. The minimum atomic E-state index is 0.325. The van der Waals surface area contributed by atoms with Crippen molar-refractivity contribution in [2.24, 2.45) is 0 Å². The molecule has 1 N–H and O–H groups in total. The number of aromatic nitrogens is 2. The van der Waals surface area contributed by atoms with E-state index in [9.17, 15) is 0 Å². The quantitative estimate of drug-likeness (QED) is 0.558. The fourth-order valence-electron chi connectivity index (χ4n) is 3.13. The average molecular weight is 338 g/mol. The van der Waals surface area contributed by atoms with E-state index in [4.69, 9.17) is 12.2 Å². The number of hydrogen-bond donors (Lipinski definition) is 1. The lowest BCUT2D eigenvalue weighted by Gasteiger charge is -2.33. The van der Waals surface area contributed by atoms with Gasteiger partial charge in [-0.1, -0.05) is 6.07 Å². The molecule has 2 aromatic heterocycles. The number of fused-ring (bicyclic) bond motifs is 3. The van der Waals surface area contributed by atoms with Crippen LogP contribution in [0.2, 0.25) is 0 Å². The first kappa shape index (κ1) is 16.6. The predicted octanol–water partition coefficient (Wildman–Crippen LogP) is 4.60. The molecule has 0 amide bonds. The third-order valence-corrected chi connectivity index (χ3v) is 4.36. The molecule has 5 heteroatoms. The van der Waals surface area contributed by atoms with Crippen LogP contribution in [-0.4, -0.2) is 32.1 Å². The van der Waals surface area contributed by atoms with Crippen LogP contribution in [0.25, 0.3) is 21.8 Å². The molecule has 0 radical (unpaired) electrons. The maximum atomic E-state index is 5.67. The van der Waals surface area contributed by atoms with Gasteiger partial charge < -0.3 is 10.2 Å². The van der Waals surface area contributed by atoms with Crippen LogP contribution in [0.3, 0.4) is 0 Å². The van der Waals surface area contributed by atoms with Gasteiger partial charge in [0.2, 0.25) is 0 Å². The molecule has 0 fully saturated rings. The van der Waals surface area contributed by atoms with Crippen LogP contribution < -0.4 is 5.32 Å². The van der Waals surface area contributed by atoms with Gasteiger partial charge in [-0.15, -0.1) is 0 Å². The zero-order valence-corrected chi connectivity index (χ0v) is 15.3. The number of nitrogens with zero attached hydrogens (tertiary/aromatic N) is 3. The second-order valence-electron chi connectivity index (χ2n) is 6.42. The van der Waals surface area contributed by atoms with Crippen molar-refractivity contribution in [3.8, 4) is 0 Å². The molecule has 1 aromatic carbocycles. The molecule has 3 rings (SSSR count). The molecular formula is C19H22N4S. The smallest absolute Gasteiger partial charge is 0.173 e. The van der Waals surface area contributed by atoms with Crippen LogP contribution in [0.15, 0.2) is 42.7 Å². The molecule has 0 bridgehead atoms. The first-order valence-electron chi connectivity index (χ1n) is 8.21. The lowest BCUT2D eigenvalue weighted by atomic mass is 10.1. The van der Waals surface area contributed by atoms with E-state index in [1.54, 1.807) is 6.20 Å². The fourth-order valence-corrected chi connectivity index (χ4v) is 3.67. The maximum Gasteiger partial charge on any atom is 0.173 e. The number of rotatable bonds is 3. The molecule has 124 valence electrons. The molecule has 0 unspecified atom stereocenters. The molecule has 0 aliphatic carbocycles. The van der Waals surface area contributed by atoms with Crippen molar-refractivity contribution < 1.29 is 0 Å². The van der Waals surface area contributed by atoms with Gasteiger partial charge in [0.05, 0.1) is 16.7 Å². The molecule has 0 saturated carbocycles. The van der Waals surface area contributed by atoms with Crippen molar-refractivity contribution in [2.45, 2.75) is 39.8 Å². The molecule has 2 heterocycles. The number of thiocarbonyl (C=S) groups is 1. The van der Waals surface area contributed by atoms with E-state index in [0.29, 0.717) is 12.1 Å². The molecule has 0 spiro atoms. The zero-order chi connectivity index (χ0) is 17.3. The van der Waals surface area contributed by atoms with Crippen molar-refractivity contribution in [3.63, 3.8) is 0 Å². The summed E-state index contributed by atoms with van der Waals surface area (Å²) in [7, 11) is 0. The summed E-state index contributed by atoms with van der Waals surface area (Å²) in [5.41, 5.74) is 2.77. The Bertz CT molecular complexity index is 881. The fraction of sp³-hybridized carbons (Fsp3) is 0.316. The summed E-state index contributed by atoms with van der Waals surface area (Å²) in [6.07, 6.45) is 3.61. The first-order chi connectivity index (χ1) is 11.5. The van der Waals surface area contributed by atoms with Crippen molar-refractivity contribution in [3.05, 3.63) is 42.7 Å². The van der Waals surface area contributed by atoms with Gasteiger partial charge >= 0.3 is 0 Å². The lowest BCUT2D eigenvalue weighted by Crippen LogP contribution is -2.44. The predicted molar refractivity (Wildman–Crippen MR) is 105 cm³/mol. The van der Waals surface area contributed by atoms with E-state index in [0.717, 1.165) is 32.6 Å². The summed E-state index contributed by atoms with van der Waals surface area (Å²) in [4.78, 5) is 11.3. The Morgan fingerprint density at radius 3 is 2.29 bits per heavy atom. The summed E-state index contributed by atoms with van der Waals surface area (Å²) < 4.78 is 0. The molecule has 4 nitrogen and oxygen atoms in total. The van der Waals surface area contributed by atoms with E-state index in [-0.39, 0.29) is 0 Å². The maximum absolute atomic E-state index is 5.67. The van der Waals surface area contributed by atoms with Gasteiger partial charge in [-0.2, -0.15) is 0 Å². The zero-order valence-electron chi connectivity index (χ0n) is 14.4. The highest BCUT2D eigenvalue weighted by atomic mass is 32.1. The third-order valence-electron chi connectivity index (χ3n) is 4.05. The molecule has 0 saturated heterocycles. The van der Waals surface area contributed by atoms with Crippen molar-refractivity contribution in [1.29, 1.82) is 0 Å². The highest BCUT2D eigenvalue weighted by Crippen LogP contribution is 2.29. The van der Waals surface area contributed by atoms with Crippen LogP contribution in [0.4, 0.5) is 5.69 Å². The normalized spacial score (nSPS) is 11.4. The van der Waals surface area contributed by atoms with E-state index >= 15 is 0 Å². The minimum Gasteiger partial charge on any atom is -0.344 e. The van der Waals surface area contributed by atoms with E-state index in [2.05, 4.69) is 66.1 Å². The average Bonchev–Trinajstić information content (AvgIpc) is 2.54. The molecule has 24 heavy (non-hydrogen) atoms. The lowest BCUT2D eigenvalue weighted by molar-refractivity contribution is 0.297. The van der Waals surface area contributed by atoms with Crippen LogP contribution in [0.1, 0.15) is 27.7 Å². The van der Waals surface area contributed by atoms with Crippen molar-refractivity contribution in [1.82, 2.24) is 14.9 Å². The second-order valence-corrected chi connectivity index (χ2v) is 6.81. The van der Waals surface area contributed by atoms with Gasteiger partial charge in [0, 0.05) is 35.2 Å². The number of anilines is 1. The van der Waals surface area contributed by atoms with Gasteiger partial charge in [0.1, 0.15) is 0 Å². The number of nitrogens with one attached hydrogen (secondary N) is 1. The van der Waals surface area contributed by atoms with Crippen LogP contribution in [0, 0.1) is 0 Å². The topological polar surface area (TPSA) is 41.0 Å². The summed E-state index contributed by atoms with van der Waals surface area (Å²) in [6.45, 7) is 8.59. The number of benzene rings is 1. The van der Waals surface area contributed by atoms with Crippen LogP contribution in [-0.2, 0) is 0 Å². The monoisotopic (exact) mass is 338 g/mol. The Morgan fingerprint density at radius 1 is 1.00 bits per heavy atom. The SMILES string of the molecule is CC(C)N(C(=S)Nc1cc2cccnc2c2cccnc12)C(C)C. The van der Waals surface area contributed by atoms with E-state index in [1.807, 2.05) is 18.3 Å². The van der Waals surface area contributed by atoms with Crippen molar-refractivity contribution in [2.75, 3.05) is 5.32 Å². The summed E-state index contributed by atoms with van der Waals surface area (Å²) in [5, 5.41) is 6.23. The standard InChI is InChI=1S/C19H22N4S/c1-12(2)23(13(3)4)19(24)22-16-11-14-7-5-9-20-17(14)15-8-6-10-21-18(15)16/h5-13H,1-4H3,(H,22,24). The van der Waals surface area contributed by atoms with Gasteiger partial charge in [-0.25, -0.2) is 0 Å². The number of pyridine rings is 2. The van der Waals surface area contributed by atoms with E-state index < -0.39 is 0 Å². The summed E-state index contributed by atoms with van der Waals surface area (Å²) >= 11 is 5.67. The van der Waals surface area contributed by atoms with Gasteiger partial charge in [0.15, 0.2) is 5.11 Å². The minimum absolute atomic E-state index is 0.325. The Balaban J connectivity index is 2.10. The van der Waals surface area contributed by atoms with Gasteiger partial charge in [-0.05, 0) is 64.2 Å². The van der Waals surface area contributed by atoms with Crippen molar-refractivity contribution >= 4 is 44.8 Å². The Labute approximate surface area is 147 Å². The summed E-state index contributed by atoms with van der Waals surface area (Å²) in [5.74, 6) is 0. The van der Waals surface area contributed by atoms with Crippen LogP contribution in [0.5, 0.6) is 0 Å². The highest BCUT2D eigenvalue weighted by molar-refractivity contribution is 7.80. The van der Waals surface area contributed by atoms with E-state index in [1.165, 1.54) is 0 Å². The molecule has 0 atom stereocenters.